The fourth-order valence-corrected chi connectivity index (χ4v) is 3.93. The van der Waals surface area contributed by atoms with Gasteiger partial charge in [0.1, 0.15) is 18.1 Å². The molecule has 3 aromatic carbocycles. The van der Waals surface area contributed by atoms with Gasteiger partial charge >= 0.3 is 6.03 Å². The van der Waals surface area contributed by atoms with E-state index < -0.39 is 17.8 Å². The predicted molar refractivity (Wildman–Crippen MR) is 125 cm³/mol. The van der Waals surface area contributed by atoms with Crippen LogP contribution >= 0.6 is 23.2 Å². The van der Waals surface area contributed by atoms with Crippen LogP contribution in [0.2, 0.25) is 10.0 Å². The molecule has 4 rings (SSSR count). The number of nitrogens with one attached hydrogen (secondary N) is 1. The lowest BCUT2D eigenvalue weighted by Crippen LogP contribution is -2.30. The fraction of sp³-hybridized carbons (Fsp3) is 0.120. The van der Waals surface area contributed by atoms with Crippen LogP contribution in [0.3, 0.4) is 0 Å². The van der Waals surface area contributed by atoms with Gasteiger partial charge in [-0.2, -0.15) is 0 Å². The van der Waals surface area contributed by atoms with Gasteiger partial charge in [-0.25, -0.2) is 9.18 Å². The van der Waals surface area contributed by atoms with Crippen LogP contribution in [0, 0.1) is 12.7 Å². The molecule has 1 aliphatic heterocycles. The third-order valence-electron chi connectivity index (χ3n) is 5.08. The van der Waals surface area contributed by atoms with Crippen LogP contribution in [-0.4, -0.2) is 16.8 Å². The lowest BCUT2D eigenvalue weighted by Gasteiger charge is -2.12. The summed E-state index contributed by atoms with van der Waals surface area (Å²) in [6.07, 6.45) is 1.46. The number of nitrogens with zero attached hydrogens (tertiary/aromatic N) is 1. The summed E-state index contributed by atoms with van der Waals surface area (Å²) < 4.78 is 19.7. The van der Waals surface area contributed by atoms with Crippen LogP contribution < -0.4 is 10.1 Å². The first-order valence-corrected chi connectivity index (χ1v) is 10.8. The quantitative estimate of drug-likeness (QED) is 0.339. The van der Waals surface area contributed by atoms with Crippen molar-refractivity contribution in [1.29, 1.82) is 0 Å². The molecule has 0 bridgehead atoms. The van der Waals surface area contributed by atoms with Gasteiger partial charge in [-0.15, -0.1) is 0 Å². The van der Waals surface area contributed by atoms with Crippen molar-refractivity contribution in [3.8, 4) is 5.75 Å². The number of rotatable bonds is 6. The molecule has 0 saturated carbocycles. The van der Waals surface area contributed by atoms with E-state index in [4.69, 9.17) is 27.9 Å². The summed E-state index contributed by atoms with van der Waals surface area (Å²) in [7, 11) is 0. The monoisotopic (exact) mass is 484 g/mol. The normalized spacial score (nSPS) is 14.7. The standard InChI is InChI=1S/C25H19Cl2FN2O3/c1-15-6-8-16(9-7-15)14-33-23-19(26)10-17(11-20(23)27)12-22-24(31)30(25(32)29-22)13-18-4-2-3-5-21(18)28/h2-12H,13-14H2,1H3,(H,29,32)/b22-12+. The molecule has 0 unspecified atom stereocenters. The minimum Gasteiger partial charge on any atom is -0.486 e. The first-order valence-electron chi connectivity index (χ1n) is 10.1. The molecule has 1 heterocycles. The maximum absolute atomic E-state index is 13.9. The van der Waals surface area contributed by atoms with Gasteiger partial charge in [0.2, 0.25) is 0 Å². The Bertz CT molecular complexity index is 1240. The van der Waals surface area contributed by atoms with E-state index in [0.29, 0.717) is 17.9 Å². The Morgan fingerprint density at radius 3 is 2.36 bits per heavy atom. The van der Waals surface area contributed by atoms with E-state index in [9.17, 15) is 14.0 Å². The van der Waals surface area contributed by atoms with Crippen molar-refractivity contribution in [3.05, 3.63) is 104 Å². The zero-order valence-electron chi connectivity index (χ0n) is 17.6. The number of carbonyl (C=O) groups excluding carboxylic acids is 2. The van der Waals surface area contributed by atoms with Gasteiger partial charge < -0.3 is 10.1 Å². The SMILES string of the molecule is Cc1ccc(COc2c(Cl)cc(/C=C3/NC(=O)N(Cc4ccccc4F)C3=O)cc2Cl)cc1. The molecule has 1 aliphatic rings. The average molecular weight is 485 g/mol. The number of halogens is 3. The highest BCUT2D eigenvalue weighted by Gasteiger charge is 2.34. The Kier molecular flexibility index (Phi) is 6.67. The van der Waals surface area contributed by atoms with Crippen LogP contribution in [0.15, 0.2) is 66.4 Å². The van der Waals surface area contributed by atoms with Gasteiger partial charge in [0.05, 0.1) is 16.6 Å². The smallest absolute Gasteiger partial charge is 0.329 e. The number of carbonyl (C=O) groups is 2. The van der Waals surface area contributed by atoms with Crippen LogP contribution in [0.4, 0.5) is 9.18 Å². The van der Waals surface area contributed by atoms with Gasteiger partial charge in [0.15, 0.2) is 5.75 Å². The predicted octanol–water partition coefficient (Wildman–Crippen LogP) is 6.11. The number of benzene rings is 3. The third kappa shape index (κ3) is 5.18. The van der Waals surface area contributed by atoms with Crippen molar-refractivity contribution in [2.45, 2.75) is 20.1 Å². The number of urea groups is 1. The molecule has 3 amide bonds. The highest BCUT2D eigenvalue weighted by Crippen LogP contribution is 2.35. The van der Waals surface area contributed by atoms with Gasteiger partial charge in [-0.3, -0.25) is 9.69 Å². The van der Waals surface area contributed by atoms with Crippen molar-refractivity contribution in [3.63, 3.8) is 0 Å². The highest BCUT2D eigenvalue weighted by molar-refractivity contribution is 6.37. The van der Waals surface area contributed by atoms with E-state index in [1.807, 2.05) is 31.2 Å². The number of aryl methyl sites for hydroxylation is 1. The maximum Gasteiger partial charge on any atom is 0.329 e. The van der Waals surface area contributed by atoms with Gasteiger partial charge in [-0.1, -0.05) is 71.2 Å². The van der Waals surface area contributed by atoms with E-state index in [-0.39, 0.29) is 27.9 Å². The van der Waals surface area contributed by atoms with Crippen LogP contribution in [0.1, 0.15) is 22.3 Å². The van der Waals surface area contributed by atoms with Gasteiger partial charge in [0, 0.05) is 5.56 Å². The minimum absolute atomic E-state index is 0.0387. The molecule has 0 atom stereocenters. The lowest BCUT2D eigenvalue weighted by molar-refractivity contribution is -0.123. The largest absolute Gasteiger partial charge is 0.486 e. The van der Waals surface area contributed by atoms with Crippen molar-refractivity contribution in [1.82, 2.24) is 10.2 Å². The highest BCUT2D eigenvalue weighted by atomic mass is 35.5. The first-order chi connectivity index (χ1) is 15.8. The second-order valence-electron chi connectivity index (χ2n) is 7.56. The van der Waals surface area contributed by atoms with Crippen LogP contribution in [0.5, 0.6) is 5.75 Å². The molecule has 8 heteroatoms. The number of ether oxygens (including phenoxy) is 1. The van der Waals surface area contributed by atoms with Crippen LogP contribution in [0.25, 0.3) is 6.08 Å². The molecule has 1 saturated heterocycles. The second-order valence-corrected chi connectivity index (χ2v) is 8.37. The molecule has 33 heavy (non-hydrogen) atoms. The molecule has 0 radical (unpaired) electrons. The molecule has 168 valence electrons. The Balaban J connectivity index is 1.50. The van der Waals surface area contributed by atoms with Crippen molar-refractivity contribution in [2.75, 3.05) is 0 Å². The lowest BCUT2D eigenvalue weighted by atomic mass is 10.1. The number of amides is 3. The van der Waals surface area contributed by atoms with Crippen molar-refractivity contribution in [2.24, 2.45) is 0 Å². The van der Waals surface area contributed by atoms with Crippen molar-refractivity contribution >= 4 is 41.2 Å². The minimum atomic E-state index is -0.634. The average Bonchev–Trinajstić information content (AvgIpc) is 3.03. The summed E-state index contributed by atoms with van der Waals surface area (Å²) in [6, 6.07) is 16.4. The van der Waals surface area contributed by atoms with Gasteiger partial charge in [-0.05, 0) is 42.3 Å². The molecule has 5 nitrogen and oxygen atoms in total. The summed E-state index contributed by atoms with van der Waals surface area (Å²) >= 11 is 12.7. The molecule has 0 spiro atoms. The Labute approximate surface area is 200 Å². The molecule has 3 aromatic rings. The van der Waals surface area contributed by atoms with E-state index in [0.717, 1.165) is 16.0 Å². The number of hydrogen-bond acceptors (Lipinski definition) is 3. The Hall–Kier alpha value is -3.35. The maximum atomic E-state index is 13.9. The molecule has 0 aromatic heterocycles. The summed E-state index contributed by atoms with van der Waals surface area (Å²) in [5, 5.41) is 3.04. The summed E-state index contributed by atoms with van der Waals surface area (Å²) in [6.45, 7) is 2.12. The molecular formula is C25H19Cl2FN2O3. The zero-order chi connectivity index (χ0) is 23.5. The second kappa shape index (κ2) is 9.65. The van der Waals surface area contributed by atoms with E-state index in [1.165, 1.54) is 24.3 Å². The van der Waals surface area contributed by atoms with E-state index in [2.05, 4.69) is 5.32 Å². The topological polar surface area (TPSA) is 58.6 Å². The van der Waals surface area contributed by atoms with E-state index in [1.54, 1.807) is 18.2 Å². The van der Waals surface area contributed by atoms with Gasteiger partial charge in [0.25, 0.3) is 5.91 Å². The van der Waals surface area contributed by atoms with Crippen LogP contribution in [-0.2, 0) is 17.9 Å². The fourth-order valence-electron chi connectivity index (χ4n) is 3.32. The molecule has 0 aliphatic carbocycles. The third-order valence-corrected chi connectivity index (χ3v) is 5.65. The molecule has 1 fully saturated rings. The first kappa shape index (κ1) is 22.8. The summed E-state index contributed by atoms with van der Waals surface area (Å²) in [5.41, 5.74) is 2.89. The number of imide groups is 1. The van der Waals surface area contributed by atoms with E-state index >= 15 is 0 Å². The molecule has 1 N–H and O–H groups in total. The summed E-state index contributed by atoms with van der Waals surface area (Å²) in [4.78, 5) is 25.9. The molecular weight excluding hydrogens is 466 g/mol. The summed E-state index contributed by atoms with van der Waals surface area (Å²) in [5.74, 6) is -0.741. The zero-order valence-corrected chi connectivity index (χ0v) is 19.1. The Morgan fingerprint density at radius 1 is 1.03 bits per heavy atom. The number of hydrogen-bond donors (Lipinski definition) is 1. The van der Waals surface area contributed by atoms with Crippen molar-refractivity contribution < 1.29 is 18.7 Å². The Morgan fingerprint density at radius 2 is 1.70 bits per heavy atom.